The van der Waals surface area contributed by atoms with Crippen LogP contribution in [0.25, 0.3) is 0 Å². The Kier molecular flexibility index (Phi) is 3.55. The Hall–Kier alpha value is -0.290. The Balaban J connectivity index is 2.27. The van der Waals surface area contributed by atoms with Gasteiger partial charge in [0.05, 0.1) is 6.10 Å². The van der Waals surface area contributed by atoms with Crippen molar-refractivity contribution in [2.75, 3.05) is 19.7 Å². The number of hydrogen-bond acceptors (Lipinski definition) is 2. The van der Waals surface area contributed by atoms with E-state index in [-0.39, 0.29) is 12.0 Å². The van der Waals surface area contributed by atoms with Crippen molar-refractivity contribution in [3.8, 4) is 0 Å². The summed E-state index contributed by atoms with van der Waals surface area (Å²) in [6.07, 6.45) is -3.79. The summed E-state index contributed by atoms with van der Waals surface area (Å²) in [6.45, 7) is 2.25. The van der Waals surface area contributed by atoms with E-state index in [1.807, 2.05) is 6.92 Å². The van der Waals surface area contributed by atoms with Crippen LogP contribution in [-0.2, 0) is 4.74 Å². The lowest BCUT2D eigenvalue weighted by Crippen LogP contribution is -2.41. The van der Waals surface area contributed by atoms with Gasteiger partial charge in [0, 0.05) is 6.54 Å². The lowest BCUT2D eigenvalue weighted by molar-refractivity contribution is -0.191. The second kappa shape index (κ2) is 4.28. The monoisotopic (exact) mass is 197 g/mol. The van der Waals surface area contributed by atoms with Gasteiger partial charge in [-0.1, -0.05) is 6.92 Å². The highest BCUT2D eigenvalue weighted by molar-refractivity contribution is 4.75. The molecule has 2 atom stereocenters. The molecule has 1 heterocycles. The molecule has 1 rings (SSSR count). The van der Waals surface area contributed by atoms with Crippen LogP contribution in [0.1, 0.15) is 13.3 Å². The molecule has 5 heteroatoms. The fourth-order valence-electron chi connectivity index (χ4n) is 1.44. The highest BCUT2D eigenvalue weighted by Gasteiger charge is 2.31. The van der Waals surface area contributed by atoms with Gasteiger partial charge in [-0.3, -0.25) is 0 Å². The zero-order chi connectivity index (χ0) is 9.90. The number of alkyl halides is 3. The molecule has 0 bridgehead atoms. The van der Waals surface area contributed by atoms with E-state index in [0.29, 0.717) is 6.42 Å². The number of rotatable bonds is 2. The average molecular weight is 197 g/mol. The number of hydrogen-bond donors (Lipinski definition) is 1. The van der Waals surface area contributed by atoms with Gasteiger partial charge in [0.2, 0.25) is 0 Å². The van der Waals surface area contributed by atoms with Crippen LogP contribution in [-0.4, -0.2) is 32.0 Å². The lowest BCUT2D eigenvalue weighted by atomic mass is 9.98. The van der Waals surface area contributed by atoms with E-state index in [0.717, 1.165) is 13.1 Å². The fourth-order valence-corrected chi connectivity index (χ4v) is 1.44. The van der Waals surface area contributed by atoms with Crippen molar-refractivity contribution in [2.45, 2.75) is 25.6 Å². The van der Waals surface area contributed by atoms with Crippen molar-refractivity contribution in [3.05, 3.63) is 0 Å². The molecule has 1 N–H and O–H groups in total. The zero-order valence-electron chi connectivity index (χ0n) is 7.53. The van der Waals surface area contributed by atoms with Gasteiger partial charge in [-0.05, 0) is 18.9 Å². The molecule has 0 aromatic heterocycles. The summed E-state index contributed by atoms with van der Waals surface area (Å²) in [5, 5.41) is 3.10. The zero-order valence-corrected chi connectivity index (χ0v) is 7.53. The van der Waals surface area contributed by atoms with Crippen LogP contribution in [0.15, 0.2) is 0 Å². The predicted molar refractivity (Wildman–Crippen MR) is 42.4 cm³/mol. The Morgan fingerprint density at radius 3 is 2.69 bits per heavy atom. The molecule has 0 aromatic rings. The van der Waals surface area contributed by atoms with Crippen LogP contribution in [0.2, 0.25) is 0 Å². The third-order valence-corrected chi connectivity index (χ3v) is 2.17. The summed E-state index contributed by atoms with van der Waals surface area (Å²) in [5.41, 5.74) is 0. The van der Waals surface area contributed by atoms with Crippen molar-refractivity contribution in [3.63, 3.8) is 0 Å². The van der Waals surface area contributed by atoms with Gasteiger partial charge in [-0.25, -0.2) is 0 Å². The third-order valence-electron chi connectivity index (χ3n) is 2.17. The summed E-state index contributed by atoms with van der Waals surface area (Å²) < 4.78 is 40.2. The van der Waals surface area contributed by atoms with Crippen LogP contribution >= 0.6 is 0 Å². The van der Waals surface area contributed by atoms with Gasteiger partial charge in [-0.15, -0.1) is 0 Å². The predicted octanol–water partition coefficient (Wildman–Crippen LogP) is 1.56. The van der Waals surface area contributed by atoms with Crippen LogP contribution in [0.5, 0.6) is 0 Å². The first-order valence-electron chi connectivity index (χ1n) is 4.38. The first-order valence-corrected chi connectivity index (χ1v) is 4.38. The maximum Gasteiger partial charge on any atom is 0.411 e. The molecule has 13 heavy (non-hydrogen) atoms. The molecule has 2 nitrogen and oxygen atoms in total. The van der Waals surface area contributed by atoms with Crippen molar-refractivity contribution < 1.29 is 17.9 Å². The summed E-state index contributed by atoms with van der Waals surface area (Å²) in [7, 11) is 0. The van der Waals surface area contributed by atoms with Gasteiger partial charge < -0.3 is 10.1 Å². The van der Waals surface area contributed by atoms with Crippen molar-refractivity contribution >= 4 is 0 Å². The number of nitrogens with one attached hydrogen (secondary N) is 1. The molecular weight excluding hydrogens is 183 g/mol. The number of piperidine rings is 1. The Bertz CT molecular complexity index is 160. The van der Waals surface area contributed by atoms with E-state index in [4.69, 9.17) is 4.74 Å². The molecule has 0 aliphatic carbocycles. The quantitative estimate of drug-likeness (QED) is 0.725. The second-order valence-electron chi connectivity index (χ2n) is 3.43. The molecular formula is C8H14F3NO. The van der Waals surface area contributed by atoms with E-state index >= 15 is 0 Å². The molecule has 0 radical (unpaired) electrons. The van der Waals surface area contributed by atoms with Crippen LogP contribution in [0.3, 0.4) is 0 Å². The van der Waals surface area contributed by atoms with Crippen molar-refractivity contribution in [1.29, 1.82) is 0 Å². The van der Waals surface area contributed by atoms with Gasteiger partial charge in [-0.2, -0.15) is 13.2 Å². The lowest BCUT2D eigenvalue weighted by Gasteiger charge is -2.29. The van der Waals surface area contributed by atoms with Crippen molar-refractivity contribution in [2.24, 2.45) is 5.92 Å². The molecule has 2 unspecified atom stereocenters. The minimum Gasteiger partial charge on any atom is -0.368 e. The van der Waals surface area contributed by atoms with Crippen LogP contribution < -0.4 is 5.32 Å². The first-order chi connectivity index (χ1) is 5.99. The molecule has 78 valence electrons. The topological polar surface area (TPSA) is 21.3 Å². The molecule has 0 amide bonds. The largest absolute Gasteiger partial charge is 0.411 e. The van der Waals surface area contributed by atoms with Gasteiger partial charge in [0.1, 0.15) is 6.61 Å². The van der Waals surface area contributed by atoms with Crippen LogP contribution in [0, 0.1) is 5.92 Å². The van der Waals surface area contributed by atoms with Gasteiger partial charge in [0.15, 0.2) is 0 Å². The molecule has 1 aliphatic rings. The molecule has 0 spiro atoms. The highest BCUT2D eigenvalue weighted by Crippen LogP contribution is 2.20. The minimum atomic E-state index is -4.20. The molecule has 1 saturated heterocycles. The smallest absolute Gasteiger partial charge is 0.368 e. The second-order valence-corrected chi connectivity index (χ2v) is 3.43. The number of halogens is 3. The van der Waals surface area contributed by atoms with E-state index in [1.165, 1.54) is 0 Å². The average Bonchev–Trinajstić information content (AvgIpc) is 2.01. The molecule has 0 aromatic carbocycles. The Morgan fingerprint density at radius 1 is 1.46 bits per heavy atom. The minimum absolute atomic E-state index is 0.163. The summed E-state index contributed by atoms with van der Waals surface area (Å²) in [6, 6.07) is 0. The number of ether oxygens (including phenoxy) is 1. The fraction of sp³-hybridized carbons (Fsp3) is 1.00. The van der Waals surface area contributed by atoms with E-state index in [2.05, 4.69) is 5.32 Å². The van der Waals surface area contributed by atoms with Gasteiger partial charge >= 0.3 is 6.18 Å². The summed E-state index contributed by atoms with van der Waals surface area (Å²) in [4.78, 5) is 0. The molecule has 1 aliphatic heterocycles. The van der Waals surface area contributed by atoms with Crippen LogP contribution in [0.4, 0.5) is 13.2 Å². The Morgan fingerprint density at radius 2 is 2.15 bits per heavy atom. The Labute approximate surface area is 75.4 Å². The maximum absolute atomic E-state index is 11.8. The summed E-state index contributed by atoms with van der Waals surface area (Å²) in [5.74, 6) is 0.163. The molecule has 0 saturated carbocycles. The molecule has 1 fully saturated rings. The van der Waals surface area contributed by atoms with E-state index < -0.39 is 12.8 Å². The first kappa shape index (κ1) is 10.8. The van der Waals surface area contributed by atoms with E-state index in [1.54, 1.807) is 0 Å². The standard InChI is InChI=1S/C8H14F3NO/c1-6-4-12-3-2-7(6)13-5-8(9,10)11/h6-7,12H,2-5H2,1H3. The maximum atomic E-state index is 11.8. The van der Waals surface area contributed by atoms with E-state index in [9.17, 15) is 13.2 Å². The normalized spacial score (nSPS) is 30.5. The summed E-state index contributed by atoms with van der Waals surface area (Å²) >= 11 is 0. The third kappa shape index (κ3) is 3.95. The van der Waals surface area contributed by atoms with Gasteiger partial charge in [0.25, 0.3) is 0 Å². The highest BCUT2D eigenvalue weighted by atomic mass is 19.4. The SMILES string of the molecule is CC1CNCCC1OCC(F)(F)F. The van der Waals surface area contributed by atoms with Crippen molar-refractivity contribution in [1.82, 2.24) is 5.32 Å².